The highest BCUT2D eigenvalue weighted by molar-refractivity contribution is 14.0. The average Bonchev–Trinajstić information content (AvgIpc) is 3.23. The van der Waals surface area contributed by atoms with Crippen LogP contribution in [0.3, 0.4) is 0 Å². The Labute approximate surface area is 141 Å². The zero-order chi connectivity index (χ0) is 14.4. The Morgan fingerprint density at radius 2 is 2.14 bits per heavy atom. The van der Waals surface area contributed by atoms with Crippen molar-refractivity contribution in [3.05, 3.63) is 29.8 Å². The summed E-state index contributed by atoms with van der Waals surface area (Å²) >= 11 is 0. The van der Waals surface area contributed by atoms with E-state index in [4.69, 9.17) is 10.5 Å². The average molecular weight is 404 g/mol. The van der Waals surface area contributed by atoms with Gasteiger partial charge >= 0.3 is 0 Å². The van der Waals surface area contributed by atoms with E-state index >= 15 is 0 Å². The summed E-state index contributed by atoms with van der Waals surface area (Å²) in [5.74, 6) is 0.127. The van der Waals surface area contributed by atoms with E-state index < -0.39 is 0 Å². The number of rotatable bonds is 6. The minimum atomic E-state index is -0.0950. The lowest BCUT2D eigenvalue weighted by Gasteiger charge is -2.10. The van der Waals surface area contributed by atoms with Crippen molar-refractivity contribution in [3.8, 4) is 0 Å². The van der Waals surface area contributed by atoms with Crippen LogP contribution >= 0.6 is 24.0 Å². The van der Waals surface area contributed by atoms with E-state index in [0.717, 1.165) is 24.1 Å². The quantitative estimate of drug-likeness (QED) is 0.381. The SMILES string of the molecule is COCc1ccccc1NC(N)=NCC(=O)NC1CC1.I. The molecule has 116 valence electrons. The molecule has 0 bridgehead atoms. The lowest BCUT2D eigenvalue weighted by Crippen LogP contribution is -2.30. The number of aliphatic imine (C=N–C) groups is 1. The second-order valence-electron chi connectivity index (χ2n) is 4.76. The molecule has 0 unspecified atom stereocenters. The van der Waals surface area contributed by atoms with Gasteiger partial charge in [-0.3, -0.25) is 4.79 Å². The molecule has 0 heterocycles. The van der Waals surface area contributed by atoms with Gasteiger partial charge in [0.05, 0.1) is 6.61 Å². The van der Waals surface area contributed by atoms with E-state index in [9.17, 15) is 4.79 Å². The van der Waals surface area contributed by atoms with Gasteiger partial charge in [0.1, 0.15) is 6.54 Å². The summed E-state index contributed by atoms with van der Waals surface area (Å²) in [5, 5.41) is 5.84. The van der Waals surface area contributed by atoms with Crippen LogP contribution < -0.4 is 16.4 Å². The molecular formula is C14H21IN4O2. The minimum Gasteiger partial charge on any atom is -0.380 e. The van der Waals surface area contributed by atoms with E-state index in [1.54, 1.807) is 7.11 Å². The zero-order valence-corrected chi connectivity index (χ0v) is 14.3. The molecule has 0 radical (unpaired) electrons. The number of halogens is 1. The number of amides is 1. The van der Waals surface area contributed by atoms with Crippen LogP contribution in [0.15, 0.2) is 29.3 Å². The third-order valence-electron chi connectivity index (χ3n) is 2.92. The molecule has 1 saturated carbocycles. The molecule has 1 aliphatic rings. The maximum absolute atomic E-state index is 11.5. The van der Waals surface area contributed by atoms with Crippen molar-refractivity contribution < 1.29 is 9.53 Å². The van der Waals surface area contributed by atoms with E-state index in [1.165, 1.54) is 0 Å². The van der Waals surface area contributed by atoms with Crippen molar-refractivity contribution in [2.45, 2.75) is 25.5 Å². The number of nitrogens with one attached hydrogen (secondary N) is 2. The van der Waals surface area contributed by atoms with Crippen LogP contribution in [0.4, 0.5) is 5.69 Å². The monoisotopic (exact) mass is 404 g/mol. The Kier molecular flexibility index (Phi) is 7.44. The summed E-state index contributed by atoms with van der Waals surface area (Å²) in [5.41, 5.74) is 7.60. The number of para-hydroxylation sites is 1. The van der Waals surface area contributed by atoms with Gasteiger partial charge in [-0.2, -0.15) is 0 Å². The molecule has 6 nitrogen and oxygen atoms in total. The molecule has 0 aliphatic heterocycles. The third-order valence-corrected chi connectivity index (χ3v) is 2.92. The smallest absolute Gasteiger partial charge is 0.242 e. The first-order valence-corrected chi connectivity index (χ1v) is 6.62. The molecule has 0 aromatic heterocycles. The summed E-state index contributed by atoms with van der Waals surface area (Å²) < 4.78 is 5.11. The lowest BCUT2D eigenvalue weighted by molar-refractivity contribution is -0.119. The van der Waals surface area contributed by atoms with Gasteiger partial charge in [-0.1, -0.05) is 18.2 Å². The van der Waals surface area contributed by atoms with Gasteiger partial charge in [0.25, 0.3) is 0 Å². The molecule has 0 saturated heterocycles. The molecule has 1 aromatic rings. The van der Waals surface area contributed by atoms with Crippen molar-refractivity contribution in [1.82, 2.24) is 5.32 Å². The molecule has 21 heavy (non-hydrogen) atoms. The van der Waals surface area contributed by atoms with Gasteiger partial charge in [0.2, 0.25) is 5.91 Å². The van der Waals surface area contributed by atoms with Crippen molar-refractivity contribution in [3.63, 3.8) is 0 Å². The fraction of sp³-hybridized carbons (Fsp3) is 0.429. The molecule has 4 N–H and O–H groups in total. The molecule has 2 rings (SSSR count). The Bertz CT molecular complexity index is 504. The normalized spacial score (nSPS) is 14.2. The summed E-state index contributed by atoms with van der Waals surface area (Å²) in [4.78, 5) is 15.5. The van der Waals surface area contributed by atoms with E-state index in [2.05, 4.69) is 15.6 Å². The van der Waals surface area contributed by atoms with Gasteiger partial charge < -0.3 is 21.1 Å². The van der Waals surface area contributed by atoms with Gasteiger partial charge in [-0.25, -0.2) is 4.99 Å². The van der Waals surface area contributed by atoms with E-state index in [-0.39, 0.29) is 42.4 Å². The number of ether oxygens (including phenoxy) is 1. The van der Waals surface area contributed by atoms with Crippen LogP contribution in [0, 0.1) is 0 Å². The third kappa shape index (κ3) is 6.30. The summed E-state index contributed by atoms with van der Waals surface area (Å²) in [6, 6.07) is 8.00. The first-order chi connectivity index (χ1) is 9.69. The minimum absolute atomic E-state index is 0. The maximum atomic E-state index is 11.5. The number of hydrogen-bond acceptors (Lipinski definition) is 3. The molecule has 0 atom stereocenters. The van der Waals surface area contributed by atoms with Crippen LogP contribution in [0.5, 0.6) is 0 Å². The first kappa shape index (κ1) is 17.7. The number of benzene rings is 1. The predicted octanol–water partition coefficient (Wildman–Crippen LogP) is 1.46. The molecule has 1 aromatic carbocycles. The van der Waals surface area contributed by atoms with Crippen LogP contribution in [0.2, 0.25) is 0 Å². The maximum Gasteiger partial charge on any atom is 0.242 e. The predicted molar refractivity (Wildman–Crippen MR) is 93.8 cm³/mol. The Morgan fingerprint density at radius 3 is 2.81 bits per heavy atom. The lowest BCUT2D eigenvalue weighted by atomic mass is 10.2. The van der Waals surface area contributed by atoms with Crippen molar-refractivity contribution in [2.75, 3.05) is 19.0 Å². The number of nitrogens with two attached hydrogens (primary N) is 1. The second-order valence-corrected chi connectivity index (χ2v) is 4.76. The van der Waals surface area contributed by atoms with Crippen LogP contribution in [-0.2, 0) is 16.1 Å². The summed E-state index contributed by atoms with van der Waals surface area (Å²) in [6.45, 7) is 0.528. The molecule has 7 heteroatoms. The van der Waals surface area contributed by atoms with Crippen LogP contribution in [0.25, 0.3) is 0 Å². The zero-order valence-electron chi connectivity index (χ0n) is 12.0. The van der Waals surface area contributed by atoms with Gasteiger partial charge in [0.15, 0.2) is 5.96 Å². The van der Waals surface area contributed by atoms with Gasteiger partial charge in [0, 0.05) is 24.4 Å². The number of carbonyl (C=O) groups excluding carboxylic acids is 1. The topological polar surface area (TPSA) is 88.7 Å². The number of nitrogens with zero attached hydrogens (tertiary/aromatic N) is 1. The Balaban J connectivity index is 0.00000220. The largest absolute Gasteiger partial charge is 0.380 e. The standard InChI is InChI=1S/C14H20N4O2.HI/c1-20-9-10-4-2-3-5-12(10)18-14(15)16-8-13(19)17-11-6-7-11;/h2-5,11H,6-9H2,1H3,(H,17,19)(H3,15,16,18);1H. The van der Waals surface area contributed by atoms with E-state index in [1.807, 2.05) is 24.3 Å². The molecule has 1 amide bonds. The fourth-order valence-corrected chi connectivity index (χ4v) is 1.76. The highest BCUT2D eigenvalue weighted by Gasteiger charge is 2.22. The fourth-order valence-electron chi connectivity index (χ4n) is 1.76. The highest BCUT2D eigenvalue weighted by Crippen LogP contribution is 2.18. The van der Waals surface area contributed by atoms with Crippen molar-refractivity contribution in [2.24, 2.45) is 10.7 Å². The van der Waals surface area contributed by atoms with Crippen LogP contribution in [0.1, 0.15) is 18.4 Å². The van der Waals surface area contributed by atoms with Crippen LogP contribution in [-0.4, -0.2) is 31.6 Å². The summed E-state index contributed by atoms with van der Waals surface area (Å²) in [6.07, 6.45) is 2.13. The highest BCUT2D eigenvalue weighted by atomic mass is 127. The second kappa shape index (κ2) is 8.83. The molecule has 1 fully saturated rings. The first-order valence-electron chi connectivity index (χ1n) is 6.62. The Hall–Kier alpha value is -1.35. The van der Waals surface area contributed by atoms with E-state index in [0.29, 0.717) is 12.6 Å². The number of anilines is 1. The number of guanidine groups is 1. The molecule has 0 spiro atoms. The number of carbonyl (C=O) groups is 1. The number of methoxy groups -OCH3 is 1. The molecular weight excluding hydrogens is 383 g/mol. The van der Waals surface area contributed by atoms with Gasteiger partial charge in [-0.05, 0) is 18.9 Å². The Morgan fingerprint density at radius 1 is 1.43 bits per heavy atom. The van der Waals surface area contributed by atoms with Crippen molar-refractivity contribution in [1.29, 1.82) is 0 Å². The summed E-state index contributed by atoms with van der Waals surface area (Å²) in [7, 11) is 1.64. The van der Waals surface area contributed by atoms with Crippen molar-refractivity contribution >= 4 is 41.5 Å². The number of hydrogen-bond donors (Lipinski definition) is 3. The molecule has 1 aliphatic carbocycles. The van der Waals surface area contributed by atoms with Gasteiger partial charge in [-0.15, -0.1) is 24.0 Å².